The lowest BCUT2D eigenvalue weighted by atomic mass is 9.93. The van der Waals surface area contributed by atoms with Crippen LogP contribution in [0.15, 0.2) is 185 Å². The van der Waals surface area contributed by atoms with Gasteiger partial charge in [0.05, 0.1) is 0 Å². The molecule has 0 N–H and O–H groups in total. The van der Waals surface area contributed by atoms with E-state index in [-0.39, 0.29) is 0 Å². The van der Waals surface area contributed by atoms with E-state index in [1.54, 1.807) is 0 Å². The van der Waals surface area contributed by atoms with Crippen molar-refractivity contribution >= 4 is 76.2 Å². The van der Waals surface area contributed by atoms with Gasteiger partial charge >= 0.3 is 0 Å². The monoisotopic (exact) mass is 715 g/mol. The number of nitrogens with zero attached hydrogens (tertiary/aromatic N) is 3. The Labute approximate surface area is 320 Å². The minimum atomic E-state index is 0.553. The van der Waals surface area contributed by atoms with Crippen LogP contribution in [0.3, 0.4) is 0 Å². The largest absolute Gasteiger partial charge is 0.456 e. The third-order valence-electron chi connectivity index (χ3n) is 11.1. The number of fused-ring (bicyclic) bond motifs is 10. The molecule has 56 heavy (non-hydrogen) atoms. The van der Waals surface area contributed by atoms with Gasteiger partial charge in [-0.3, -0.25) is 0 Å². The molecule has 9 aromatic carbocycles. The van der Waals surface area contributed by atoms with Crippen LogP contribution in [0.5, 0.6) is 0 Å². The highest BCUT2D eigenvalue weighted by atomic mass is 16.3. The van der Waals surface area contributed by atoms with Crippen molar-refractivity contribution < 1.29 is 8.83 Å². The van der Waals surface area contributed by atoms with Crippen molar-refractivity contribution in [1.29, 1.82) is 0 Å². The van der Waals surface area contributed by atoms with Crippen LogP contribution in [0.1, 0.15) is 0 Å². The van der Waals surface area contributed by atoms with E-state index < -0.39 is 0 Å². The topological polar surface area (TPSA) is 65.0 Å². The molecule has 0 aliphatic rings. The van der Waals surface area contributed by atoms with E-state index in [2.05, 4.69) is 158 Å². The summed E-state index contributed by atoms with van der Waals surface area (Å²) in [6.45, 7) is 0. The number of hydrogen-bond donors (Lipinski definition) is 0. The second-order valence-electron chi connectivity index (χ2n) is 14.3. The van der Waals surface area contributed by atoms with Crippen molar-refractivity contribution in [2.45, 2.75) is 0 Å². The van der Waals surface area contributed by atoms with Crippen LogP contribution >= 0.6 is 0 Å². The van der Waals surface area contributed by atoms with Crippen LogP contribution < -0.4 is 0 Å². The molecule has 0 amide bonds. The molecule has 0 bridgehead atoms. The van der Waals surface area contributed by atoms with Crippen molar-refractivity contribution in [3.63, 3.8) is 0 Å². The van der Waals surface area contributed by atoms with Gasteiger partial charge in [-0.2, -0.15) is 0 Å². The average molecular weight is 716 g/mol. The van der Waals surface area contributed by atoms with Crippen LogP contribution in [0, 0.1) is 0 Å². The highest BCUT2D eigenvalue weighted by molar-refractivity contribution is 6.22. The van der Waals surface area contributed by atoms with Gasteiger partial charge in [-0.05, 0) is 74.3 Å². The molecule has 12 rings (SSSR count). The summed E-state index contributed by atoms with van der Waals surface area (Å²) in [6.07, 6.45) is 0. The second-order valence-corrected chi connectivity index (χ2v) is 14.3. The molecule has 5 heteroatoms. The Hall–Kier alpha value is -7.63. The highest BCUT2D eigenvalue weighted by Gasteiger charge is 2.24. The van der Waals surface area contributed by atoms with E-state index in [0.29, 0.717) is 17.5 Å². The van der Waals surface area contributed by atoms with Crippen molar-refractivity contribution in [3.05, 3.63) is 176 Å². The fourth-order valence-electron chi connectivity index (χ4n) is 8.46. The number of furan rings is 2. The molecular formula is C51H29N3O2. The number of aromatic nitrogens is 3. The standard InChI is InChI=1S/C51H29N3O2/c1-3-13-33-28-35(22-20-30(33)10-1)49-52-50(36-23-21-31-11-2-4-14-34(31)29-36)54-51(53-49)47-38(25-27-44-46(47)40-16-7-8-19-42(40)55-44)39-17-9-18-41-45-37-15-6-5-12-32(37)24-26-43(45)56-48(39)41/h1-29H. The predicted octanol–water partition coefficient (Wildman–Crippen LogP) is 13.8. The lowest BCUT2D eigenvalue weighted by molar-refractivity contribution is 0.668. The summed E-state index contributed by atoms with van der Waals surface area (Å²) in [5.74, 6) is 1.73. The molecule has 3 heterocycles. The Bertz CT molecular complexity index is 3460. The Kier molecular flexibility index (Phi) is 6.56. The van der Waals surface area contributed by atoms with Gasteiger partial charge in [-0.25, -0.2) is 15.0 Å². The summed E-state index contributed by atoms with van der Waals surface area (Å²) in [7, 11) is 0. The molecule has 3 aromatic heterocycles. The van der Waals surface area contributed by atoms with E-state index in [4.69, 9.17) is 23.8 Å². The maximum absolute atomic E-state index is 6.81. The fourth-order valence-corrected chi connectivity index (χ4v) is 8.46. The lowest BCUT2D eigenvalue weighted by Gasteiger charge is -2.14. The minimum Gasteiger partial charge on any atom is -0.456 e. The summed E-state index contributed by atoms with van der Waals surface area (Å²) in [5, 5.41) is 11.0. The first kappa shape index (κ1) is 30.8. The van der Waals surface area contributed by atoms with E-state index in [1.807, 2.05) is 18.2 Å². The van der Waals surface area contributed by atoms with Gasteiger partial charge in [0.15, 0.2) is 17.5 Å². The maximum atomic E-state index is 6.81. The Balaban J connectivity index is 1.19. The van der Waals surface area contributed by atoms with E-state index in [9.17, 15) is 0 Å². The second kappa shape index (κ2) is 11.9. The smallest absolute Gasteiger partial charge is 0.165 e. The van der Waals surface area contributed by atoms with Gasteiger partial charge in [-0.15, -0.1) is 0 Å². The normalized spacial score (nSPS) is 11.9. The van der Waals surface area contributed by atoms with Gasteiger partial charge in [-0.1, -0.05) is 140 Å². The quantitative estimate of drug-likeness (QED) is 0.181. The molecule has 0 fully saturated rings. The molecule has 0 atom stereocenters. The van der Waals surface area contributed by atoms with Crippen molar-refractivity contribution in [3.8, 4) is 45.3 Å². The summed E-state index contributed by atoms with van der Waals surface area (Å²) >= 11 is 0. The molecule has 0 unspecified atom stereocenters. The third kappa shape index (κ3) is 4.71. The summed E-state index contributed by atoms with van der Waals surface area (Å²) < 4.78 is 13.3. The van der Waals surface area contributed by atoms with Crippen LogP contribution in [0.25, 0.3) is 121 Å². The Morgan fingerprint density at radius 3 is 1.61 bits per heavy atom. The molecule has 0 radical (unpaired) electrons. The summed E-state index contributed by atoms with van der Waals surface area (Å²) in [5.41, 5.74) is 7.78. The number of benzene rings is 9. The predicted molar refractivity (Wildman–Crippen MR) is 229 cm³/mol. The van der Waals surface area contributed by atoms with Crippen molar-refractivity contribution in [2.75, 3.05) is 0 Å². The van der Waals surface area contributed by atoms with Gasteiger partial charge in [0.2, 0.25) is 0 Å². The fraction of sp³-hybridized carbons (Fsp3) is 0. The van der Waals surface area contributed by atoms with Gasteiger partial charge in [0, 0.05) is 43.8 Å². The molecule has 0 aliphatic carbocycles. The molecule has 12 aromatic rings. The number of para-hydroxylation sites is 2. The summed E-state index contributed by atoms with van der Waals surface area (Å²) in [4.78, 5) is 15.9. The molecule has 0 saturated carbocycles. The Morgan fingerprint density at radius 2 is 0.875 bits per heavy atom. The number of hydrogen-bond acceptors (Lipinski definition) is 5. The maximum Gasteiger partial charge on any atom is 0.165 e. The highest BCUT2D eigenvalue weighted by Crippen LogP contribution is 2.46. The van der Waals surface area contributed by atoms with E-state index in [1.165, 1.54) is 5.39 Å². The van der Waals surface area contributed by atoms with Gasteiger partial charge in [0.1, 0.15) is 22.3 Å². The molecule has 260 valence electrons. The van der Waals surface area contributed by atoms with Gasteiger partial charge < -0.3 is 8.83 Å². The third-order valence-corrected chi connectivity index (χ3v) is 11.1. The van der Waals surface area contributed by atoms with E-state index in [0.717, 1.165) is 98.6 Å². The number of rotatable bonds is 4. The van der Waals surface area contributed by atoms with Crippen LogP contribution in [-0.4, -0.2) is 15.0 Å². The van der Waals surface area contributed by atoms with Crippen LogP contribution in [0.2, 0.25) is 0 Å². The first-order chi connectivity index (χ1) is 27.7. The average Bonchev–Trinajstić information content (AvgIpc) is 3.85. The molecule has 0 saturated heterocycles. The zero-order valence-electron chi connectivity index (χ0n) is 29.9. The first-order valence-electron chi connectivity index (χ1n) is 18.8. The van der Waals surface area contributed by atoms with Crippen LogP contribution in [-0.2, 0) is 0 Å². The van der Waals surface area contributed by atoms with E-state index >= 15 is 0 Å². The van der Waals surface area contributed by atoms with Crippen LogP contribution in [0.4, 0.5) is 0 Å². The zero-order chi connectivity index (χ0) is 36.7. The first-order valence-corrected chi connectivity index (χ1v) is 18.8. The molecule has 0 spiro atoms. The van der Waals surface area contributed by atoms with Gasteiger partial charge in [0.25, 0.3) is 0 Å². The SMILES string of the molecule is c1ccc2cc(-c3nc(-c4ccc5ccccc5c4)nc(-c4c(-c5cccc6c5oc5ccc7ccccc7c56)ccc5oc6ccccc6c45)n3)ccc2c1. The minimum absolute atomic E-state index is 0.553. The molecular weight excluding hydrogens is 687 g/mol. The molecule has 0 aliphatic heterocycles. The van der Waals surface area contributed by atoms with Crippen molar-refractivity contribution in [2.24, 2.45) is 0 Å². The summed E-state index contributed by atoms with van der Waals surface area (Å²) in [6, 6.07) is 60.9. The van der Waals surface area contributed by atoms with Crippen molar-refractivity contribution in [1.82, 2.24) is 15.0 Å². The Morgan fingerprint density at radius 1 is 0.321 bits per heavy atom. The molecule has 5 nitrogen and oxygen atoms in total. The zero-order valence-corrected chi connectivity index (χ0v) is 29.9. The lowest BCUT2D eigenvalue weighted by Crippen LogP contribution is -2.02.